The highest BCUT2D eigenvalue weighted by atomic mass is 35.5. The van der Waals surface area contributed by atoms with Gasteiger partial charge in [-0.1, -0.05) is 23.7 Å². The highest BCUT2D eigenvalue weighted by molar-refractivity contribution is 6.30. The number of carbonyl (C=O) groups is 1. The molecule has 0 amide bonds. The van der Waals surface area contributed by atoms with E-state index in [1.54, 1.807) is 24.3 Å². The number of Topliss-reactive ketones (excluding diaryl/α,β-unsaturated/α-hetero) is 1. The Hall–Kier alpha value is -1.37. The minimum Gasteiger partial charge on any atom is -0.353 e. The standard InChI is InChI=1S/C11H10ClNO2/c1-8(14)11(7-13,15-2)9-4-3-5-10(12)6-9/h3-6H,1-2H3. The van der Waals surface area contributed by atoms with Crippen molar-refractivity contribution in [3.63, 3.8) is 0 Å². The summed E-state index contributed by atoms with van der Waals surface area (Å²) in [6.07, 6.45) is 0. The first kappa shape index (κ1) is 11.7. The van der Waals surface area contributed by atoms with Gasteiger partial charge in [0.25, 0.3) is 0 Å². The van der Waals surface area contributed by atoms with Crippen molar-refractivity contribution in [2.75, 3.05) is 7.11 Å². The van der Waals surface area contributed by atoms with Crippen LogP contribution in [-0.2, 0) is 15.1 Å². The molecule has 0 N–H and O–H groups in total. The minimum absolute atomic E-state index is 0.366. The van der Waals surface area contributed by atoms with Crippen molar-refractivity contribution < 1.29 is 9.53 Å². The first-order chi connectivity index (χ1) is 7.06. The zero-order valence-electron chi connectivity index (χ0n) is 8.45. The normalized spacial score (nSPS) is 14.0. The molecule has 0 aliphatic heterocycles. The van der Waals surface area contributed by atoms with E-state index < -0.39 is 5.60 Å². The largest absolute Gasteiger partial charge is 0.353 e. The van der Waals surface area contributed by atoms with Crippen LogP contribution in [0.1, 0.15) is 12.5 Å². The van der Waals surface area contributed by atoms with Gasteiger partial charge in [-0.15, -0.1) is 0 Å². The number of rotatable bonds is 3. The van der Waals surface area contributed by atoms with Crippen LogP contribution in [0.25, 0.3) is 0 Å². The fourth-order valence-corrected chi connectivity index (χ4v) is 1.55. The molecule has 4 heteroatoms. The number of ether oxygens (including phenoxy) is 1. The predicted octanol–water partition coefficient (Wildman–Crippen LogP) is 2.29. The molecule has 1 rings (SSSR count). The van der Waals surface area contributed by atoms with E-state index in [4.69, 9.17) is 21.6 Å². The van der Waals surface area contributed by atoms with Crippen LogP contribution in [-0.4, -0.2) is 12.9 Å². The highest BCUT2D eigenvalue weighted by Crippen LogP contribution is 2.27. The van der Waals surface area contributed by atoms with Crippen molar-refractivity contribution in [1.82, 2.24) is 0 Å². The van der Waals surface area contributed by atoms with Gasteiger partial charge in [0.05, 0.1) is 0 Å². The first-order valence-electron chi connectivity index (χ1n) is 4.30. The van der Waals surface area contributed by atoms with Crippen molar-refractivity contribution in [3.05, 3.63) is 34.9 Å². The van der Waals surface area contributed by atoms with E-state index in [2.05, 4.69) is 0 Å². The molecule has 0 bridgehead atoms. The van der Waals surface area contributed by atoms with E-state index in [0.29, 0.717) is 10.6 Å². The van der Waals surface area contributed by atoms with Gasteiger partial charge in [-0.25, -0.2) is 0 Å². The van der Waals surface area contributed by atoms with Crippen LogP contribution in [0, 0.1) is 11.3 Å². The summed E-state index contributed by atoms with van der Waals surface area (Å²) in [7, 11) is 1.32. The quantitative estimate of drug-likeness (QED) is 0.790. The predicted molar refractivity (Wildman–Crippen MR) is 56.4 cm³/mol. The Bertz CT molecular complexity index is 425. The van der Waals surface area contributed by atoms with Crippen LogP contribution in [0.3, 0.4) is 0 Å². The summed E-state index contributed by atoms with van der Waals surface area (Å²) in [6.45, 7) is 1.31. The Labute approximate surface area is 93.2 Å². The fraction of sp³-hybridized carbons (Fsp3) is 0.273. The number of benzene rings is 1. The summed E-state index contributed by atoms with van der Waals surface area (Å²) in [6, 6.07) is 8.41. The molecule has 0 heterocycles. The second-order valence-electron chi connectivity index (χ2n) is 3.06. The molecule has 0 aliphatic carbocycles. The SMILES string of the molecule is COC(C#N)(C(C)=O)c1cccc(Cl)c1. The molecule has 0 fully saturated rings. The summed E-state index contributed by atoms with van der Waals surface area (Å²) in [4.78, 5) is 11.4. The van der Waals surface area contributed by atoms with Gasteiger partial charge in [0, 0.05) is 17.7 Å². The van der Waals surface area contributed by atoms with Crippen LogP contribution in [0.4, 0.5) is 0 Å². The third-order valence-electron chi connectivity index (χ3n) is 2.19. The smallest absolute Gasteiger partial charge is 0.238 e. The van der Waals surface area contributed by atoms with Crippen molar-refractivity contribution >= 4 is 17.4 Å². The number of hydrogen-bond donors (Lipinski definition) is 0. The molecule has 0 aliphatic rings. The van der Waals surface area contributed by atoms with E-state index in [0.717, 1.165) is 0 Å². The van der Waals surface area contributed by atoms with E-state index >= 15 is 0 Å². The zero-order valence-corrected chi connectivity index (χ0v) is 9.21. The molecule has 0 spiro atoms. The number of nitriles is 1. The number of carbonyl (C=O) groups excluding carboxylic acids is 1. The van der Waals surface area contributed by atoms with Gasteiger partial charge >= 0.3 is 0 Å². The third kappa shape index (κ3) is 2.01. The molecule has 3 nitrogen and oxygen atoms in total. The number of ketones is 1. The number of hydrogen-bond acceptors (Lipinski definition) is 3. The van der Waals surface area contributed by atoms with E-state index in [9.17, 15) is 4.79 Å². The molecule has 0 saturated carbocycles. The lowest BCUT2D eigenvalue weighted by molar-refractivity contribution is -0.133. The van der Waals surface area contributed by atoms with E-state index in [-0.39, 0.29) is 5.78 Å². The maximum Gasteiger partial charge on any atom is 0.238 e. The van der Waals surface area contributed by atoms with Gasteiger partial charge in [-0.2, -0.15) is 5.26 Å². The van der Waals surface area contributed by atoms with Crippen LogP contribution in [0.2, 0.25) is 5.02 Å². The Morgan fingerprint density at radius 3 is 2.67 bits per heavy atom. The molecule has 78 valence electrons. The molecule has 0 radical (unpaired) electrons. The Morgan fingerprint density at radius 2 is 2.27 bits per heavy atom. The molecule has 1 unspecified atom stereocenters. The Morgan fingerprint density at radius 1 is 1.60 bits per heavy atom. The summed E-state index contributed by atoms with van der Waals surface area (Å²) in [5.74, 6) is -0.366. The van der Waals surface area contributed by atoms with Crippen molar-refractivity contribution in [3.8, 4) is 6.07 Å². The van der Waals surface area contributed by atoms with Crippen LogP contribution >= 0.6 is 11.6 Å². The van der Waals surface area contributed by atoms with Gasteiger partial charge in [-0.3, -0.25) is 4.79 Å². The van der Waals surface area contributed by atoms with E-state index in [1.165, 1.54) is 14.0 Å². The lowest BCUT2D eigenvalue weighted by atomic mass is 9.91. The van der Waals surface area contributed by atoms with Crippen molar-refractivity contribution in [2.45, 2.75) is 12.5 Å². The lowest BCUT2D eigenvalue weighted by Crippen LogP contribution is -2.34. The average molecular weight is 224 g/mol. The summed E-state index contributed by atoms with van der Waals surface area (Å²) >= 11 is 5.79. The lowest BCUT2D eigenvalue weighted by Gasteiger charge is -2.22. The monoisotopic (exact) mass is 223 g/mol. The van der Waals surface area contributed by atoms with Gasteiger partial charge in [-0.05, 0) is 19.1 Å². The van der Waals surface area contributed by atoms with Crippen LogP contribution < -0.4 is 0 Å². The molecule has 1 aromatic rings. The van der Waals surface area contributed by atoms with Gasteiger partial charge in [0.15, 0.2) is 5.78 Å². The molecular weight excluding hydrogens is 214 g/mol. The third-order valence-corrected chi connectivity index (χ3v) is 2.43. The summed E-state index contributed by atoms with van der Waals surface area (Å²) in [5, 5.41) is 9.52. The summed E-state index contributed by atoms with van der Waals surface area (Å²) < 4.78 is 5.02. The van der Waals surface area contributed by atoms with Crippen molar-refractivity contribution in [2.24, 2.45) is 0 Å². The second-order valence-corrected chi connectivity index (χ2v) is 3.50. The average Bonchev–Trinajstić information content (AvgIpc) is 2.20. The molecule has 0 aromatic heterocycles. The number of halogens is 1. The van der Waals surface area contributed by atoms with Crippen LogP contribution in [0.5, 0.6) is 0 Å². The first-order valence-corrected chi connectivity index (χ1v) is 4.68. The zero-order chi connectivity index (χ0) is 11.5. The minimum atomic E-state index is -1.55. The van der Waals surface area contributed by atoms with Gasteiger partial charge in [0.1, 0.15) is 6.07 Å². The topological polar surface area (TPSA) is 50.1 Å². The highest BCUT2D eigenvalue weighted by Gasteiger charge is 2.37. The van der Waals surface area contributed by atoms with Gasteiger partial charge in [0.2, 0.25) is 5.60 Å². The molecule has 1 aromatic carbocycles. The number of methoxy groups -OCH3 is 1. The molecular formula is C11H10ClNO2. The fourth-order valence-electron chi connectivity index (χ4n) is 1.36. The van der Waals surface area contributed by atoms with Crippen LogP contribution in [0.15, 0.2) is 24.3 Å². The maximum absolute atomic E-state index is 11.4. The molecule has 0 saturated heterocycles. The molecule has 1 atom stereocenters. The maximum atomic E-state index is 11.4. The van der Waals surface area contributed by atoms with E-state index in [1.807, 2.05) is 6.07 Å². The Balaban J connectivity index is 3.34. The molecule has 15 heavy (non-hydrogen) atoms. The number of nitrogens with zero attached hydrogens (tertiary/aromatic N) is 1. The second kappa shape index (κ2) is 4.43. The Kier molecular flexibility index (Phi) is 3.46. The summed E-state index contributed by atoms with van der Waals surface area (Å²) in [5.41, 5.74) is -1.10. The van der Waals surface area contributed by atoms with Crippen molar-refractivity contribution in [1.29, 1.82) is 5.26 Å². The van der Waals surface area contributed by atoms with Gasteiger partial charge < -0.3 is 4.74 Å².